The Bertz CT molecular complexity index is 539. The average molecular weight is 311 g/mol. The minimum absolute atomic E-state index is 0.0687. The lowest BCUT2D eigenvalue weighted by Crippen LogP contribution is -2.22. The summed E-state index contributed by atoms with van der Waals surface area (Å²) < 4.78 is 1.00. The Hall–Kier alpha value is -1.20. The summed E-state index contributed by atoms with van der Waals surface area (Å²) >= 11 is 4.81. The summed E-state index contributed by atoms with van der Waals surface area (Å²) in [6.07, 6.45) is 0. The third-order valence-corrected chi connectivity index (χ3v) is 4.05. The fourth-order valence-corrected chi connectivity index (χ4v) is 2.56. The Morgan fingerprint density at radius 2 is 2.24 bits per heavy atom. The highest BCUT2D eigenvalue weighted by molar-refractivity contribution is 9.10. The van der Waals surface area contributed by atoms with E-state index in [4.69, 9.17) is 0 Å². The number of nitrogens with one attached hydrogen (secondary N) is 1. The van der Waals surface area contributed by atoms with E-state index >= 15 is 0 Å². The van der Waals surface area contributed by atoms with Crippen LogP contribution in [0.15, 0.2) is 34.2 Å². The molecule has 1 amide bonds. The second kappa shape index (κ2) is 5.42. The van der Waals surface area contributed by atoms with Crippen LogP contribution < -0.4 is 5.32 Å². The normalized spacial score (nSPS) is 10.2. The van der Waals surface area contributed by atoms with Crippen LogP contribution in [0.25, 0.3) is 0 Å². The van der Waals surface area contributed by atoms with Gasteiger partial charge in [0.15, 0.2) is 0 Å². The van der Waals surface area contributed by atoms with Crippen molar-refractivity contribution in [3.63, 3.8) is 0 Å². The number of amides is 1. The maximum Gasteiger partial charge on any atom is 0.263 e. The predicted octanol–water partition coefficient (Wildman–Crippen LogP) is 3.14. The molecule has 0 spiro atoms. The van der Waals surface area contributed by atoms with Crippen LogP contribution in [-0.2, 0) is 6.54 Å². The standard InChI is InChI=1S/C12H11BrN2OS/c1-8-11(17-7-15-8)12(16)14-6-9-4-2-3-5-10(9)13/h2-5,7H,6H2,1H3,(H,14,16). The van der Waals surface area contributed by atoms with Crippen LogP contribution in [0.4, 0.5) is 0 Å². The zero-order valence-corrected chi connectivity index (χ0v) is 11.6. The molecular weight excluding hydrogens is 300 g/mol. The minimum atomic E-state index is -0.0687. The summed E-state index contributed by atoms with van der Waals surface area (Å²) in [6.45, 7) is 2.35. The van der Waals surface area contributed by atoms with Crippen molar-refractivity contribution >= 4 is 33.2 Å². The number of nitrogens with zero attached hydrogens (tertiary/aromatic N) is 1. The van der Waals surface area contributed by atoms with Crippen LogP contribution in [-0.4, -0.2) is 10.9 Å². The number of aromatic nitrogens is 1. The molecule has 1 aromatic heterocycles. The van der Waals surface area contributed by atoms with E-state index in [1.165, 1.54) is 11.3 Å². The van der Waals surface area contributed by atoms with E-state index in [1.54, 1.807) is 5.51 Å². The summed E-state index contributed by atoms with van der Waals surface area (Å²) in [6, 6.07) is 7.83. The molecule has 0 aliphatic carbocycles. The van der Waals surface area contributed by atoms with Crippen LogP contribution >= 0.6 is 27.3 Å². The van der Waals surface area contributed by atoms with E-state index in [9.17, 15) is 4.79 Å². The first-order chi connectivity index (χ1) is 8.18. The molecule has 0 atom stereocenters. The number of hydrogen-bond donors (Lipinski definition) is 1. The molecule has 88 valence electrons. The molecule has 0 fully saturated rings. The molecule has 0 saturated carbocycles. The van der Waals surface area contributed by atoms with Crippen LogP contribution in [0.5, 0.6) is 0 Å². The number of halogens is 1. The van der Waals surface area contributed by atoms with Gasteiger partial charge in [0, 0.05) is 11.0 Å². The molecule has 0 bridgehead atoms. The van der Waals surface area contributed by atoms with Gasteiger partial charge in [0.2, 0.25) is 0 Å². The Morgan fingerprint density at radius 1 is 1.47 bits per heavy atom. The van der Waals surface area contributed by atoms with E-state index in [1.807, 2.05) is 31.2 Å². The first kappa shape index (κ1) is 12.3. The van der Waals surface area contributed by atoms with Gasteiger partial charge < -0.3 is 5.32 Å². The quantitative estimate of drug-likeness (QED) is 0.946. The van der Waals surface area contributed by atoms with Gasteiger partial charge in [-0.2, -0.15) is 0 Å². The van der Waals surface area contributed by atoms with Gasteiger partial charge in [0.05, 0.1) is 11.2 Å². The monoisotopic (exact) mass is 310 g/mol. The summed E-state index contributed by atoms with van der Waals surface area (Å²) in [5.74, 6) is -0.0687. The Morgan fingerprint density at radius 3 is 2.88 bits per heavy atom. The molecule has 1 N–H and O–H groups in total. The Balaban J connectivity index is 2.02. The molecule has 2 aromatic rings. The third-order valence-electron chi connectivity index (χ3n) is 2.35. The molecule has 0 saturated heterocycles. The lowest BCUT2D eigenvalue weighted by molar-refractivity contribution is 0.0954. The second-order valence-corrected chi connectivity index (χ2v) is 5.25. The first-order valence-electron chi connectivity index (χ1n) is 5.10. The van der Waals surface area contributed by atoms with Gasteiger partial charge in [-0.15, -0.1) is 11.3 Å². The molecule has 0 radical (unpaired) electrons. The van der Waals surface area contributed by atoms with Crippen LogP contribution in [0.2, 0.25) is 0 Å². The zero-order valence-electron chi connectivity index (χ0n) is 9.24. The lowest BCUT2D eigenvalue weighted by atomic mass is 10.2. The highest BCUT2D eigenvalue weighted by Gasteiger charge is 2.11. The number of hydrogen-bond acceptors (Lipinski definition) is 3. The van der Waals surface area contributed by atoms with E-state index in [0.29, 0.717) is 11.4 Å². The smallest absolute Gasteiger partial charge is 0.263 e. The fourth-order valence-electron chi connectivity index (χ4n) is 1.42. The fraction of sp³-hybridized carbons (Fsp3) is 0.167. The molecule has 0 aliphatic heterocycles. The van der Waals surface area contributed by atoms with Gasteiger partial charge >= 0.3 is 0 Å². The number of carbonyl (C=O) groups is 1. The van der Waals surface area contributed by atoms with Gasteiger partial charge in [-0.1, -0.05) is 34.1 Å². The summed E-state index contributed by atoms with van der Waals surface area (Å²) in [4.78, 5) is 16.6. The number of thiazole rings is 1. The molecule has 2 rings (SSSR count). The van der Waals surface area contributed by atoms with Crippen molar-refractivity contribution < 1.29 is 4.79 Å². The predicted molar refractivity (Wildman–Crippen MR) is 72.2 cm³/mol. The maximum absolute atomic E-state index is 11.9. The number of aryl methyl sites for hydroxylation is 1. The summed E-state index contributed by atoms with van der Waals surface area (Å²) in [5.41, 5.74) is 3.52. The van der Waals surface area contributed by atoms with Gasteiger partial charge in [0.1, 0.15) is 4.88 Å². The highest BCUT2D eigenvalue weighted by atomic mass is 79.9. The van der Waals surface area contributed by atoms with Crippen LogP contribution in [0.1, 0.15) is 20.9 Å². The van der Waals surface area contributed by atoms with Crippen molar-refractivity contribution in [2.75, 3.05) is 0 Å². The van der Waals surface area contributed by atoms with Gasteiger partial charge in [-0.25, -0.2) is 4.98 Å². The minimum Gasteiger partial charge on any atom is -0.347 e. The third kappa shape index (κ3) is 2.92. The molecule has 0 aliphatic rings. The molecule has 3 nitrogen and oxygen atoms in total. The number of rotatable bonds is 3. The Kier molecular flexibility index (Phi) is 3.91. The topological polar surface area (TPSA) is 42.0 Å². The van der Waals surface area contributed by atoms with Gasteiger partial charge in [-0.3, -0.25) is 4.79 Å². The van der Waals surface area contributed by atoms with Gasteiger partial charge in [0.25, 0.3) is 5.91 Å². The molecule has 1 heterocycles. The molecule has 0 unspecified atom stereocenters. The van der Waals surface area contributed by atoms with Gasteiger partial charge in [-0.05, 0) is 18.6 Å². The van der Waals surface area contributed by atoms with E-state index in [2.05, 4.69) is 26.2 Å². The summed E-state index contributed by atoms with van der Waals surface area (Å²) in [7, 11) is 0. The van der Waals surface area contributed by atoms with Crippen molar-refractivity contribution in [3.05, 3.63) is 50.4 Å². The molecular formula is C12H11BrN2OS. The van der Waals surface area contributed by atoms with Crippen molar-refractivity contribution in [1.82, 2.24) is 10.3 Å². The molecule has 1 aromatic carbocycles. The van der Waals surface area contributed by atoms with Crippen molar-refractivity contribution in [2.45, 2.75) is 13.5 Å². The largest absolute Gasteiger partial charge is 0.347 e. The molecule has 17 heavy (non-hydrogen) atoms. The zero-order chi connectivity index (χ0) is 12.3. The van der Waals surface area contributed by atoms with Crippen molar-refractivity contribution in [2.24, 2.45) is 0 Å². The van der Waals surface area contributed by atoms with E-state index in [-0.39, 0.29) is 5.91 Å². The van der Waals surface area contributed by atoms with Crippen molar-refractivity contribution in [3.8, 4) is 0 Å². The highest BCUT2D eigenvalue weighted by Crippen LogP contribution is 2.16. The molecule has 5 heteroatoms. The van der Waals surface area contributed by atoms with Crippen molar-refractivity contribution in [1.29, 1.82) is 0 Å². The first-order valence-corrected chi connectivity index (χ1v) is 6.77. The SMILES string of the molecule is Cc1ncsc1C(=O)NCc1ccccc1Br. The van der Waals surface area contributed by atoms with Crippen LogP contribution in [0.3, 0.4) is 0 Å². The summed E-state index contributed by atoms with van der Waals surface area (Å²) in [5, 5.41) is 2.88. The van der Waals surface area contributed by atoms with Crippen LogP contribution in [0, 0.1) is 6.92 Å². The Labute approximate surface area is 112 Å². The van der Waals surface area contributed by atoms with E-state index < -0.39 is 0 Å². The lowest BCUT2D eigenvalue weighted by Gasteiger charge is -2.06. The second-order valence-electron chi connectivity index (χ2n) is 3.54. The maximum atomic E-state index is 11.9. The van der Waals surface area contributed by atoms with E-state index in [0.717, 1.165) is 15.7 Å². The number of carbonyl (C=O) groups excluding carboxylic acids is 1. The average Bonchev–Trinajstić information content (AvgIpc) is 2.74. The number of benzene rings is 1.